The summed E-state index contributed by atoms with van der Waals surface area (Å²) in [6.07, 6.45) is 3.20. The summed E-state index contributed by atoms with van der Waals surface area (Å²) >= 11 is 0. The van der Waals surface area contributed by atoms with Crippen LogP contribution in [0.15, 0.2) is 78.9 Å². The summed E-state index contributed by atoms with van der Waals surface area (Å²) in [5.74, 6) is 1.42. The molecule has 4 aromatic carbocycles. The van der Waals surface area contributed by atoms with Gasteiger partial charge in [0.1, 0.15) is 23.9 Å². The number of nitrogens with zero attached hydrogens (tertiary/aromatic N) is 1. The van der Waals surface area contributed by atoms with E-state index in [9.17, 15) is 10.2 Å². The summed E-state index contributed by atoms with van der Waals surface area (Å²) in [6, 6.07) is 25.9. The van der Waals surface area contributed by atoms with Crippen molar-refractivity contribution in [3.63, 3.8) is 0 Å². The molecule has 4 heteroatoms. The Morgan fingerprint density at radius 2 is 1.64 bits per heavy atom. The summed E-state index contributed by atoms with van der Waals surface area (Å²) in [6.45, 7) is 1.88. The summed E-state index contributed by atoms with van der Waals surface area (Å²) in [5, 5.41) is 21.8. The Kier molecular flexibility index (Phi) is 5.93. The van der Waals surface area contributed by atoms with Crippen molar-refractivity contribution >= 4 is 10.8 Å². The number of ether oxygens (including phenoxy) is 1. The Morgan fingerprint density at radius 3 is 2.36 bits per heavy atom. The van der Waals surface area contributed by atoms with Crippen LogP contribution < -0.4 is 4.74 Å². The molecule has 0 aliphatic carbocycles. The molecule has 2 N–H and O–H groups in total. The number of rotatable bonds is 6. The fraction of sp³-hybridized carbons (Fsp3) is 0.241. The van der Waals surface area contributed by atoms with Gasteiger partial charge in [0.2, 0.25) is 0 Å². The van der Waals surface area contributed by atoms with E-state index in [0.717, 1.165) is 47.2 Å². The van der Waals surface area contributed by atoms with Crippen molar-refractivity contribution in [2.75, 3.05) is 20.2 Å². The number of fused-ring (bicyclic) bond motifs is 1. The minimum atomic E-state index is 0.255. The summed E-state index contributed by atoms with van der Waals surface area (Å²) in [7, 11) is 2.17. The molecule has 0 aromatic heterocycles. The van der Waals surface area contributed by atoms with Gasteiger partial charge in [-0.2, -0.15) is 0 Å². The van der Waals surface area contributed by atoms with E-state index in [2.05, 4.69) is 42.3 Å². The Balaban J connectivity index is 1.43. The number of aromatic hydroxyl groups is 2. The Labute approximate surface area is 194 Å². The second-order valence-corrected chi connectivity index (χ2v) is 8.95. The molecule has 1 fully saturated rings. The fourth-order valence-corrected chi connectivity index (χ4v) is 4.77. The van der Waals surface area contributed by atoms with Crippen molar-refractivity contribution in [1.29, 1.82) is 0 Å². The van der Waals surface area contributed by atoms with Crippen molar-refractivity contribution in [3.05, 3.63) is 90.0 Å². The molecule has 5 rings (SSSR count). The molecule has 33 heavy (non-hydrogen) atoms. The maximum atomic E-state index is 9.96. The maximum Gasteiger partial charge on any atom is 0.119 e. The Hall–Kier alpha value is -3.50. The van der Waals surface area contributed by atoms with Crippen LogP contribution in [0.4, 0.5) is 0 Å². The van der Waals surface area contributed by atoms with Crippen molar-refractivity contribution in [2.45, 2.75) is 25.3 Å². The topological polar surface area (TPSA) is 52.9 Å². The second kappa shape index (κ2) is 9.16. The monoisotopic (exact) mass is 439 g/mol. The third-order valence-electron chi connectivity index (χ3n) is 6.71. The summed E-state index contributed by atoms with van der Waals surface area (Å²) in [4.78, 5) is 2.37. The van der Waals surface area contributed by atoms with Crippen LogP contribution in [0.5, 0.6) is 17.2 Å². The van der Waals surface area contributed by atoms with Gasteiger partial charge in [-0.25, -0.2) is 0 Å². The van der Waals surface area contributed by atoms with Gasteiger partial charge >= 0.3 is 0 Å². The molecular weight excluding hydrogens is 410 g/mol. The maximum absolute atomic E-state index is 9.96. The predicted molar refractivity (Wildman–Crippen MR) is 133 cm³/mol. The molecule has 1 saturated heterocycles. The molecule has 1 aliphatic rings. The lowest BCUT2D eigenvalue weighted by molar-refractivity contribution is 0.198. The van der Waals surface area contributed by atoms with E-state index < -0.39 is 0 Å². The van der Waals surface area contributed by atoms with Crippen molar-refractivity contribution in [3.8, 4) is 28.4 Å². The molecule has 0 amide bonds. The lowest BCUT2D eigenvalue weighted by atomic mass is 9.90. The average molecular weight is 440 g/mol. The molecule has 168 valence electrons. The van der Waals surface area contributed by atoms with Crippen LogP contribution in [0, 0.1) is 0 Å². The second-order valence-electron chi connectivity index (χ2n) is 8.95. The molecule has 1 atom stereocenters. The van der Waals surface area contributed by atoms with E-state index in [1.54, 1.807) is 24.3 Å². The van der Waals surface area contributed by atoms with Gasteiger partial charge < -0.3 is 19.8 Å². The van der Waals surface area contributed by atoms with E-state index >= 15 is 0 Å². The zero-order chi connectivity index (χ0) is 22.8. The molecule has 0 radical (unpaired) electrons. The highest BCUT2D eigenvalue weighted by atomic mass is 16.5. The third kappa shape index (κ3) is 4.67. The lowest BCUT2D eigenvalue weighted by Crippen LogP contribution is -2.30. The van der Waals surface area contributed by atoms with Crippen LogP contribution in [0.25, 0.3) is 21.9 Å². The van der Waals surface area contributed by atoms with Crippen molar-refractivity contribution < 1.29 is 14.9 Å². The first-order chi connectivity index (χ1) is 16.1. The van der Waals surface area contributed by atoms with E-state index in [1.807, 2.05) is 24.3 Å². The molecule has 1 unspecified atom stereocenters. The van der Waals surface area contributed by atoms with Crippen LogP contribution in [-0.2, 0) is 6.42 Å². The zero-order valence-electron chi connectivity index (χ0n) is 18.9. The Bertz CT molecular complexity index is 1250. The number of likely N-dealkylation sites (N-methyl/N-ethyl adjacent to an activating group) is 1. The molecule has 4 aromatic rings. The molecule has 4 nitrogen and oxygen atoms in total. The highest BCUT2D eigenvalue weighted by molar-refractivity contribution is 5.93. The van der Waals surface area contributed by atoms with E-state index in [-0.39, 0.29) is 11.5 Å². The summed E-state index contributed by atoms with van der Waals surface area (Å²) < 4.78 is 6.06. The highest BCUT2D eigenvalue weighted by Crippen LogP contribution is 2.34. The van der Waals surface area contributed by atoms with Crippen LogP contribution >= 0.6 is 0 Å². The number of benzene rings is 4. The van der Waals surface area contributed by atoms with Crippen LogP contribution in [-0.4, -0.2) is 41.4 Å². The van der Waals surface area contributed by atoms with Gasteiger partial charge in [0.25, 0.3) is 0 Å². The predicted octanol–water partition coefficient (Wildman–Crippen LogP) is 5.98. The molecular formula is C29H29NO3. The van der Waals surface area contributed by atoms with Gasteiger partial charge in [-0.3, -0.25) is 0 Å². The first-order valence-electron chi connectivity index (χ1n) is 11.5. The van der Waals surface area contributed by atoms with Gasteiger partial charge in [0.05, 0.1) is 0 Å². The third-order valence-corrected chi connectivity index (χ3v) is 6.71. The van der Waals surface area contributed by atoms with Gasteiger partial charge in [-0.1, -0.05) is 42.5 Å². The van der Waals surface area contributed by atoms with Crippen molar-refractivity contribution in [1.82, 2.24) is 4.90 Å². The zero-order valence-corrected chi connectivity index (χ0v) is 18.9. The smallest absolute Gasteiger partial charge is 0.119 e. The molecule has 0 spiro atoms. The van der Waals surface area contributed by atoms with Gasteiger partial charge in [0.15, 0.2) is 0 Å². The number of hydrogen-bond acceptors (Lipinski definition) is 4. The van der Waals surface area contributed by atoms with E-state index in [4.69, 9.17) is 4.74 Å². The summed E-state index contributed by atoms with van der Waals surface area (Å²) in [5.41, 5.74) is 4.57. The SMILES string of the molecule is CN1CCCC1COc1ccc(Cc2c(-c3ccc(O)cc3)ccc3cc(O)ccc23)cc1. The average Bonchev–Trinajstić information content (AvgIpc) is 3.24. The first kappa shape index (κ1) is 21.4. The highest BCUT2D eigenvalue weighted by Gasteiger charge is 2.21. The number of likely N-dealkylation sites (tertiary alicyclic amines) is 1. The molecule has 1 aliphatic heterocycles. The minimum Gasteiger partial charge on any atom is -0.508 e. The van der Waals surface area contributed by atoms with E-state index in [0.29, 0.717) is 6.04 Å². The number of phenols is 2. The van der Waals surface area contributed by atoms with Gasteiger partial charge in [-0.05, 0) is 102 Å². The standard InChI is InChI=1S/C29H29NO3/c1-30-16-2-3-23(30)19-33-26-12-4-20(5-13-26)17-29-27(21-6-9-24(31)10-7-21)14-8-22-18-25(32)11-15-28(22)29/h4-15,18,23,31-32H,2-3,16-17,19H2,1H3. The number of hydrogen-bond donors (Lipinski definition) is 2. The normalized spacial score (nSPS) is 16.3. The molecule has 1 heterocycles. The van der Waals surface area contributed by atoms with Crippen LogP contribution in [0.1, 0.15) is 24.0 Å². The Morgan fingerprint density at radius 1 is 0.879 bits per heavy atom. The largest absolute Gasteiger partial charge is 0.508 e. The lowest BCUT2D eigenvalue weighted by Gasteiger charge is -2.19. The molecule has 0 saturated carbocycles. The fourth-order valence-electron chi connectivity index (χ4n) is 4.77. The first-order valence-corrected chi connectivity index (χ1v) is 11.5. The van der Waals surface area contributed by atoms with Crippen molar-refractivity contribution in [2.24, 2.45) is 0 Å². The van der Waals surface area contributed by atoms with E-state index in [1.165, 1.54) is 24.0 Å². The van der Waals surface area contributed by atoms with Crippen LogP contribution in [0.3, 0.4) is 0 Å². The van der Waals surface area contributed by atoms with Gasteiger partial charge in [-0.15, -0.1) is 0 Å². The van der Waals surface area contributed by atoms with Crippen LogP contribution in [0.2, 0.25) is 0 Å². The quantitative estimate of drug-likeness (QED) is 0.388. The number of phenolic OH excluding ortho intramolecular Hbond substituents is 2. The van der Waals surface area contributed by atoms with Gasteiger partial charge in [0, 0.05) is 6.04 Å². The molecule has 0 bridgehead atoms. The minimum absolute atomic E-state index is 0.255.